The standard InChI is InChI=1S/C14H22N2O2S2/c1-9-12(20-14(19)16-9)6-13(18)15-7-10-4-2-3-5-11(10)8-17/h10-11,17H,2-8H2,1H3,(H,15,18)(H,16,19). The molecule has 3 N–H and O–H groups in total. The van der Waals surface area contributed by atoms with Gasteiger partial charge in [-0.2, -0.15) is 0 Å². The highest BCUT2D eigenvalue weighted by atomic mass is 32.1. The second kappa shape index (κ2) is 7.33. The van der Waals surface area contributed by atoms with Crippen molar-refractivity contribution in [3.63, 3.8) is 0 Å². The van der Waals surface area contributed by atoms with Crippen LogP contribution in [0.3, 0.4) is 0 Å². The Morgan fingerprint density at radius 3 is 2.75 bits per heavy atom. The summed E-state index contributed by atoms with van der Waals surface area (Å²) < 4.78 is 0.720. The lowest BCUT2D eigenvalue weighted by molar-refractivity contribution is -0.120. The van der Waals surface area contributed by atoms with Gasteiger partial charge in [0, 0.05) is 23.7 Å². The number of aromatic nitrogens is 1. The number of aromatic amines is 1. The SMILES string of the molecule is Cc1[nH]c(=S)sc1CC(=O)NCC1CCCCC1CO. The largest absolute Gasteiger partial charge is 0.396 e. The van der Waals surface area contributed by atoms with Crippen LogP contribution in [0.4, 0.5) is 0 Å². The van der Waals surface area contributed by atoms with E-state index in [2.05, 4.69) is 10.3 Å². The van der Waals surface area contributed by atoms with Crippen LogP contribution in [0.25, 0.3) is 0 Å². The van der Waals surface area contributed by atoms with Crippen LogP contribution in [0.5, 0.6) is 0 Å². The molecular formula is C14H22N2O2S2. The molecule has 0 spiro atoms. The van der Waals surface area contributed by atoms with Crippen molar-refractivity contribution in [2.24, 2.45) is 11.8 Å². The predicted molar refractivity (Wildman–Crippen MR) is 83.5 cm³/mol. The van der Waals surface area contributed by atoms with Crippen molar-refractivity contribution in [2.75, 3.05) is 13.2 Å². The number of amides is 1. The summed E-state index contributed by atoms with van der Waals surface area (Å²) in [5.74, 6) is 0.809. The number of aliphatic hydroxyl groups excluding tert-OH is 1. The minimum atomic E-state index is 0.0422. The number of thiazole rings is 1. The van der Waals surface area contributed by atoms with Gasteiger partial charge in [0.1, 0.15) is 0 Å². The topological polar surface area (TPSA) is 65.1 Å². The van der Waals surface area contributed by atoms with Gasteiger partial charge in [0.15, 0.2) is 3.95 Å². The van der Waals surface area contributed by atoms with Crippen molar-refractivity contribution in [2.45, 2.75) is 39.0 Å². The third-order valence-electron chi connectivity index (χ3n) is 4.11. The molecule has 2 unspecified atom stereocenters. The molecule has 1 amide bonds. The quantitative estimate of drug-likeness (QED) is 0.732. The first kappa shape index (κ1) is 15.7. The summed E-state index contributed by atoms with van der Waals surface area (Å²) in [6.07, 6.45) is 4.97. The van der Waals surface area contributed by atoms with Gasteiger partial charge in [0.25, 0.3) is 0 Å². The highest BCUT2D eigenvalue weighted by Crippen LogP contribution is 2.29. The van der Waals surface area contributed by atoms with Gasteiger partial charge in [0.2, 0.25) is 5.91 Å². The smallest absolute Gasteiger partial charge is 0.225 e. The lowest BCUT2D eigenvalue weighted by Gasteiger charge is -2.30. The summed E-state index contributed by atoms with van der Waals surface area (Å²) in [7, 11) is 0. The Balaban J connectivity index is 1.82. The fourth-order valence-electron chi connectivity index (χ4n) is 2.85. The third kappa shape index (κ3) is 4.14. The molecule has 2 atom stereocenters. The highest BCUT2D eigenvalue weighted by molar-refractivity contribution is 7.73. The maximum atomic E-state index is 12.0. The molecule has 1 saturated carbocycles. The average molecular weight is 314 g/mol. The summed E-state index contributed by atoms with van der Waals surface area (Å²) in [5.41, 5.74) is 0.987. The van der Waals surface area contributed by atoms with E-state index in [1.54, 1.807) is 0 Å². The van der Waals surface area contributed by atoms with Crippen LogP contribution in [0.2, 0.25) is 0 Å². The number of hydrogen-bond donors (Lipinski definition) is 3. The summed E-state index contributed by atoms with van der Waals surface area (Å²) in [5, 5.41) is 12.4. The van der Waals surface area contributed by atoms with Crippen molar-refractivity contribution < 1.29 is 9.90 Å². The van der Waals surface area contributed by atoms with E-state index in [1.807, 2.05) is 6.92 Å². The summed E-state index contributed by atoms with van der Waals surface area (Å²) >= 11 is 6.54. The van der Waals surface area contributed by atoms with Crippen LogP contribution in [0, 0.1) is 22.7 Å². The zero-order valence-corrected chi connectivity index (χ0v) is 13.4. The van der Waals surface area contributed by atoms with Crippen molar-refractivity contribution >= 4 is 29.5 Å². The fourth-order valence-corrected chi connectivity index (χ4v) is 4.14. The molecule has 1 heterocycles. The number of carbonyl (C=O) groups is 1. The number of rotatable bonds is 5. The van der Waals surface area contributed by atoms with Crippen LogP contribution in [-0.2, 0) is 11.2 Å². The second-order valence-corrected chi connectivity index (χ2v) is 7.30. The molecule has 1 aromatic heterocycles. The maximum absolute atomic E-state index is 12.0. The molecule has 0 aliphatic heterocycles. The fraction of sp³-hybridized carbons (Fsp3) is 0.714. The van der Waals surface area contributed by atoms with Crippen LogP contribution in [0.1, 0.15) is 36.3 Å². The summed E-state index contributed by atoms with van der Waals surface area (Å²) in [6.45, 7) is 2.86. The number of nitrogens with one attached hydrogen (secondary N) is 2. The first-order chi connectivity index (χ1) is 9.60. The van der Waals surface area contributed by atoms with Gasteiger partial charge in [-0.25, -0.2) is 0 Å². The Bertz CT molecular complexity index is 510. The molecule has 112 valence electrons. The molecule has 0 radical (unpaired) electrons. The van der Waals surface area contributed by atoms with Gasteiger partial charge in [0.05, 0.1) is 6.42 Å². The molecule has 1 aliphatic rings. The molecule has 0 saturated heterocycles. The molecule has 1 fully saturated rings. The van der Waals surface area contributed by atoms with Crippen LogP contribution in [0.15, 0.2) is 0 Å². The van der Waals surface area contributed by atoms with Crippen LogP contribution in [-0.4, -0.2) is 29.1 Å². The second-order valence-electron chi connectivity index (χ2n) is 5.53. The Morgan fingerprint density at radius 2 is 2.15 bits per heavy atom. The van der Waals surface area contributed by atoms with E-state index in [4.69, 9.17) is 12.2 Å². The van der Waals surface area contributed by atoms with Gasteiger partial charge in [-0.1, -0.05) is 12.8 Å². The van der Waals surface area contributed by atoms with Gasteiger partial charge in [-0.05, 0) is 43.8 Å². The minimum Gasteiger partial charge on any atom is -0.396 e. The zero-order chi connectivity index (χ0) is 14.5. The third-order valence-corrected chi connectivity index (χ3v) is 5.44. The summed E-state index contributed by atoms with van der Waals surface area (Å²) in [4.78, 5) is 16.1. The minimum absolute atomic E-state index is 0.0422. The van der Waals surface area contributed by atoms with E-state index < -0.39 is 0 Å². The predicted octanol–water partition coefficient (Wildman–Crippen LogP) is 2.57. The molecule has 0 bridgehead atoms. The Morgan fingerprint density at radius 1 is 1.45 bits per heavy atom. The molecular weight excluding hydrogens is 292 g/mol. The number of H-pyrrole nitrogens is 1. The van der Waals surface area contributed by atoms with Crippen molar-refractivity contribution in [1.82, 2.24) is 10.3 Å². The highest BCUT2D eigenvalue weighted by Gasteiger charge is 2.24. The molecule has 1 aliphatic carbocycles. The van der Waals surface area contributed by atoms with E-state index >= 15 is 0 Å². The van der Waals surface area contributed by atoms with Crippen molar-refractivity contribution in [3.05, 3.63) is 14.5 Å². The normalized spacial score (nSPS) is 22.7. The first-order valence-corrected chi connectivity index (χ1v) is 8.38. The van der Waals surface area contributed by atoms with Gasteiger partial charge < -0.3 is 15.4 Å². The van der Waals surface area contributed by atoms with Gasteiger partial charge in [-0.15, -0.1) is 11.3 Å². The number of aliphatic hydroxyl groups is 1. The van der Waals surface area contributed by atoms with Crippen LogP contribution >= 0.6 is 23.6 Å². The lowest BCUT2D eigenvalue weighted by Crippen LogP contribution is -2.36. The number of hydrogen-bond acceptors (Lipinski definition) is 4. The lowest BCUT2D eigenvalue weighted by atomic mass is 9.79. The van der Waals surface area contributed by atoms with E-state index in [9.17, 15) is 9.90 Å². The molecule has 2 rings (SSSR count). The number of carbonyl (C=O) groups excluding carboxylic acids is 1. The molecule has 1 aromatic rings. The van der Waals surface area contributed by atoms with Gasteiger partial charge >= 0.3 is 0 Å². The van der Waals surface area contributed by atoms with E-state index in [-0.39, 0.29) is 12.5 Å². The monoisotopic (exact) mass is 314 g/mol. The molecule has 4 nitrogen and oxygen atoms in total. The zero-order valence-electron chi connectivity index (χ0n) is 11.8. The van der Waals surface area contributed by atoms with E-state index in [0.29, 0.717) is 24.8 Å². The van der Waals surface area contributed by atoms with Gasteiger partial charge in [-0.3, -0.25) is 4.79 Å². The first-order valence-electron chi connectivity index (χ1n) is 7.16. The Hall–Kier alpha value is -0.720. The molecule has 20 heavy (non-hydrogen) atoms. The Kier molecular flexibility index (Phi) is 5.74. The van der Waals surface area contributed by atoms with Crippen LogP contribution < -0.4 is 5.32 Å². The molecule has 6 heteroatoms. The maximum Gasteiger partial charge on any atom is 0.225 e. The van der Waals surface area contributed by atoms with Crippen molar-refractivity contribution in [1.29, 1.82) is 0 Å². The average Bonchev–Trinajstić information content (AvgIpc) is 2.75. The summed E-state index contributed by atoms with van der Waals surface area (Å²) in [6, 6.07) is 0. The van der Waals surface area contributed by atoms with E-state index in [0.717, 1.165) is 27.4 Å². The molecule has 0 aromatic carbocycles. The number of aryl methyl sites for hydroxylation is 1. The van der Waals surface area contributed by atoms with Crippen molar-refractivity contribution in [3.8, 4) is 0 Å². The Labute approximate surface area is 128 Å². The van der Waals surface area contributed by atoms with E-state index in [1.165, 1.54) is 24.2 Å².